The van der Waals surface area contributed by atoms with Crippen LogP contribution in [0.4, 0.5) is 0 Å². The first kappa shape index (κ1) is 15.5. The molecule has 0 bridgehead atoms. The first-order chi connectivity index (χ1) is 10.0. The number of amides is 1. The van der Waals surface area contributed by atoms with Crippen molar-refractivity contribution in [3.63, 3.8) is 0 Å². The molecule has 0 spiro atoms. The van der Waals surface area contributed by atoms with Gasteiger partial charge in [0.25, 0.3) is 5.91 Å². The molecule has 1 amide bonds. The van der Waals surface area contributed by atoms with Crippen molar-refractivity contribution < 1.29 is 14.7 Å². The lowest BCUT2D eigenvalue weighted by Gasteiger charge is -2.26. The van der Waals surface area contributed by atoms with E-state index in [2.05, 4.69) is 5.32 Å². The molecular weight excluding hydrogens is 286 g/mol. The van der Waals surface area contributed by atoms with Crippen LogP contribution < -0.4 is 5.32 Å². The zero-order valence-electron chi connectivity index (χ0n) is 12.2. The summed E-state index contributed by atoms with van der Waals surface area (Å²) in [5.74, 6) is -1.06. The highest BCUT2D eigenvalue weighted by atomic mass is 32.1. The van der Waals surface area contributed by atoms with Crippen molar-refractivity contribution in [1.82, 2.24) is 5.32 Å². The van der Waals surface area contributed by atoms with Gasteiger partial charge in [0.15, 0.2) is 0 Å². The summed E-state index contributed by atoms with van der Waals surface area (Å²) < 4.78 is 1.05. The summed E-state index contributed by atoms with van der Waals surface area (Å²) in [5, 5.41) is 13.2. The number of thiophene rings is 1. The van der Waals surface area contributed by atoms with Crippen molar-refractivity contribution in [1.29, 1.82) is 0 Å². The number of fused-ring (bicyclic) bond motifs is 1. The molecule has 0 aliphatic rings. The average Bonchev–Trinajstić information content (AvgIpc) is 2.92. The number of carbonyl (C=O) groups is 2. The van der Waals surface area contributed by atoms with Gasteiger partial charge in [-0.25, -0.2) is 0 Å². The van der Waals surface area contributed by atoms with Crippen LogP contribution >= 0.6 is 11.3 Å². The van der Waals surface area contributed by atoms with Crippen molar-refractivity contribution in [2.45, 2.75) is 26.7 Å². The summed E-state index contributed by atoms with van der Waals surface area (Å²) in [6.07, 6.45) is 0.983. The van der Waals surface area contributed by atoms with Crippen LogP contribution in [0.3, 0.4) is 0 Å². The molecule has 1 aromatic heterocycles. The number of aliphatic carboxylic acids is 1. The highest BCUT2D eigenvalue weighted by Gasteiger charge is 2.35. The number of hydrogen-bond donors (Lipinski definition) is 2. The van der Waals surface area contributed by atoms with Gasteiger partial charge in [-0.2, -0.15) is 0 Å². The number of benzene rings is 1. The second-order valence-electron chi connectivity index (χ2n) is 5.12. The molecule has 0 fully saturated rings. The molecule has 0 saturated heterocycles. The molecule has 0 atom stereocenters. The molecule has 0 aliphatic heterocycles. The van der Waals surface area contributed by atoms with Gasteiger partial charge in [-0.1, -0.05) is 32.0 Å². The first-order valence-electron chi connectivity index (χ1n) is 7.02. The van der Waals surface area contributed by atoms with Crippen molar-refractivity contribution in [2.24, 2.45) is 5.41 Å². The van der Waals surface area contributed by atoms with E-state index in [0.717, 1.165) is 10.1 Å². The summed E-state index contributed by atoms with van der Waals surface area (Å²) in [7, 11) is 0. The second-order valence-corrected chi connectivity index (χ2v) is 6.21. The number of hydrogen-bond acceptors (Lipinski definition) is 3. The fraction of sp³-hybridized carbons (Fsp3) is 0.375. The van der Waals surface area contributed by atoms with Gasteiger partial charge in [0, 0.05) is 11.2 Å². The minimum absolute atomic E-state index is 0.155. The van der Waals surface area contributed by atoms with Crippen LogP contribution in [0.5, 0.6) is 0 Å². The Labute approximate surface area is 127 Å². The van der Waals surface area contributed by atoms with E-state index in [9.17, 15) is 14.7 Å². The Kier molecular flexibility index (Phi) is 4.63. The van der Waals surface area contributed by atoms with E-state index < -0.39 is 11.4 Å². The molecule has 0 aliphatic carbocycles. The maximum atomic E-state index is 12.2. The SMILES string of the molecule is CCC(CC)(CNC(=O)c1cc2ccccc2s1)C(=O)O. The normalized spacial score (nSPS) is 11.5. The smallest absolute Gasteiger partial charge is 0.311 e. The predicted molar refractivity (Wildman–Crippen MR) is 84.8 cm³/mol. The number of carboxylic acid groups (broad SMARTS) is 1. The Morgan fingerprint density at radius 2 is 1.90 bits per heavy atom. The van der Waals surface area contributed by atoms with Gasteiger partial charge >= 0.3 is 5.97 Å². The van der Waals surface area contributed by atoms with Gasteiger partial charge in [-0.3, -0.25) is 9.59 Å². The van der Waals surface area contributed by atoms with Crippen molar-refractivity contribution in [3.05, 3.63) is 35.2 Å². The predicted octanol–water partition coefficient (Wildman–Crippen LogP) is 3.52. The lowest BCUT2D eigenvalue weighted by Crippen LogP contribution is -2.42. The van der Waals surface area contributed by atoms with Crippen LogP contribution in [-0.2, 0) is 4.79 Å². The summed E-state index contributed by atoms with van der Waals surface area (Å²) in [5.41, 5.74) is -0.883. The Morgan fingerprint density at radius 1 is 1.24 bits per heavy atom. The van der Waals surface area contributed by atoms with E-state index in [-0.39, 0.29) is 12.5 Å². The molecule has 5 heteroatoms. The van der Waals surface area contributed by atoms with Crippen LogP contribution in [0.2, 0.25) is 0 Å². The molecule has 2 aromatic rings. The van der Waals surface area contributed by atoms with Crippen LogP contribution in [0.1, 0.15) is 36.4 Å². The van der Waals surface area contributed by atoms with E-state index in [1.165, 1.54) is 11.3 Å². The molecule has 1 heterocycles. The van der Waals surface area contributed by atoms with Crippen LogP contribution in [0.25, 0.3) is 10.1 Å². The second kappa shape index (κ2) is 6.26. The molecule has 2 N–H and O–H groups in total. The zero-order valence-corrected chi connectivity index (χ0v) is 13.0. The van der Waals surface area contributed by atoms with Gasteiger partial charge < -0.3 is 10.4 Å². The third-order valence-corrected chi connectivity index (χ3v) is 5.16. The van der Waals surface area contributed by atoms with Gasteiger partial charge in [-0.15, -0.1) is 11.3 Å². The molecule has 0 unspecified atom stereocenters. The summed E-state index contributed by atoms with van der Waals surface area (Å²) >= 11 is 1.42. The average molecular weight is 305 g/mol. The third kappa shape index (κ3) is 3.08. The number of rotatable bonds is 6. The minimum atomic E-state index is -0.883. The summed E-state index contributed by atoms with van der Waals surface area (Å²) in [4.78, 5) is 24.3. The standard InChI is InChI=1S/C16H19NO3S/c1-3-16(4-2,15(19)20)10-17-14(18)13-9-11-7-5-6-8-12(11)21-13/h5-9H,3-4,10H2,1-2H3,(H,17,18)(H,19,20). The Balaban J connectivity index is 2.12. The number of carbonyl (C=O) groups excluding carboxylic acids is 1. The fourth-order valence-electron chi connectivity index (χ4n) is 2.31. The topological polar surface area (TPSA) is 66.4 Å². The van der Waals surface area contributed by atoms with E-state index >= 15 is 0 Å². The summed E-state index contributed by atoms with van der Waals surface area (Å²) in [6, 6.07) is 9.64. The largest absolute Gasteiger partial charge is 0.481 e. The van der Waals surface area contributed by atoms with Gasteiger partial charge in [0.1, 0.15) is 0 Å². The van der Waals surface area contributed by atoms with Crippen LogP contribution in [-0.4, -0.2) is 23.5 Å². The first-order valence-corrected chi connectivity index (χ1v) is 7.84. The Morgan fingerprint density at radius 3 is 2.48 bits per heavy atom. The van der Waals surface area contributed by atoms with Gasteiger partial charge in [-0.05, 0) is 30.4 Å². The fourth-order valence-corrected chi connectivity index (χ4v) is 3.29. The van der Waals surface area contributed by atoms with E-state index in [1.807, 2.05) is 44.2 Å². The van der Waals surface area contributed by atoms with Crippen molar-refractivity contribution in [2.75, 3.05) is 6.54 Å². The lowest BCUT2D eigenvalue weighted by molar-refractivity contribution is -0.149. The van der Waals surface area contributed by atoms with E-state index in [4.69, 9.17) is 0 Å². The van der Waals surface area contributed by atoms with Gasteiger partial charge in [0.05, 0.1) is 10.3 Å². The molecule has 0 radical (unpaired) electrons. The monoisotopic (exact) mass is 305 g/mol. The van der Waals surface area contributed by atoms with Crippen LogP contribution in [0.15, 0.2) is 30.3 Å². The molecular formula is C16H19NO3S. The highest BCUT2D eigenvalue weighted by molar-refractivity contribution is 7.20. The molecule has 1 aromatic carbocycles. The van der Waals surface area contributed by atoms with Crippen molar-refractivity contribution in [3.8, 4) is 0 Å². The molecule has 0 saturated carbocycles. The Bertz CT molecular complexity index is 625. The van der Waals surface area contributed by atoms with Gasteiger partial charge in [0.2, 0.25) is 0 Å². The summed E-state index contributed by atoms with van der Waals surface area (Å²) in [6.45, 7) is 3.83. The third-order valence-electron chi connectivity index (χ3n) is 4.04. The lowest BCUT2D eigenvalue weighted by atomic mass is 9.82. The van der Waals surface area contributed by atoms with Crippen LogP contribution in [0, 0.1) is 5.41 Å². The minimum Gasteiger partial charge on any atom is -0.481 e. The molecule has 21 heavy (non-hydrogen) atoms. The molecule has 112 valence electrons. The number of carboxylic acids is 1. The molecule has 4 nitrogen and oxygen atoms in total. The van der Waals surface area contributed by atoms with E-state index in [1.54, 1.807) is 0 Å². The quantitative estimate of drug-likeness (QED) is 0.858. The maximum absolute atomic E-state index is 12.2. The highest BCUT2D eigenvalue weighted by Crippen LogP contribution is 2.27. The van der Waals surface area contributed by atoms with Crippen molar-refractivity contribution >= 4 is 33.3 Å². The Hall–Kier alpha value is -1.88. The zero-order chi connectivity index (χ0) is 15.5. The van der Waals surface area contributed by atoms with E-state index in [0.29, 0.717) is 17.7 Å². The number of nitrogens with one attached hydrogen (secondary N) is 1. The maximum Gasteiger partial charge on any atom is 0.311 e. The molecule has 2 rings (SSSR count).